The lowest BCUT2D eigenvalue weighted by atomic mass is 10.1. The average Bonchev–Trinajstić information content (AvgIpc) is 2.40. The largest absolute Gasteiger partial charge is 0.330 e. The molecule has 2 aromatic rings. The molecule has 1 unspecified atom stereocenters. The van der Waals surface area contributed by atoms with Gasteiger partial charge < -0.3 is 5.73 Å². The van der Waals surface area contributed by atoms with Gasteiger partial charge in [-0.2, -0.15) is 0 Å². The Hall–Kier alpha value is -1.45. The molecule has 0 saturated heterocycles. The molecule has 0 aliphatic carbocycles. The maximum atomic E-state index is 5.87. The molecule has 2 N–H and O–H groups in total. The number of hydrogen-bond donors (Lipinski definition) is 1. The first-order valence-corrected chi connectivity index (χ1v) is 6.34. The number of aromatic nitrogens is 2. The van der Waals surface area contributed by atoms with E-state index >= 15 is 0 Å². The van der Waals surface area contributed by atoms with E-state index in [0.29, 0.717) is 12.5 Å². The van der Waals surface area contributed by atoms with E-state index in [9.17, 15) is 0 Å². The Morgan fingerprint density at radius 1 is 1.22 bits per heavy atom. The number of rotatable bonds is 4. The molecule has 0 amide bonds. The van der Waals surface area contributed by atoms with E-state index in [-0.39, 0.29) is 0 Å². The van der Waals surface area contributed by atoms with Crippen LogP contribution in [0.25, 0.3) is 11.3 Å². The van der Waals surface area contributed by atoms with Crippen LogP contribution < -0.4 is 5.73 Å². The molecule has 1 atom stereocenters. The Balaban J connectivity index is 2.24. The maximum Gasteiger partial charge on any atom is 0.129 e. The standard InChI is InChI=1S/C14H16ClN3/c1-10(9-16)8-14-17-7-6-13(18-14)11-2-4-12(15)5-3-11/h2-7,10H,8-9,16H2,1H3. The molecule has 3 nitrogen and oxygen atoms in total. The summed E-state index contributed by atoms with van der Waals surface area (Å²) in [5, 5.41) is 0.727. The SMILES string of the molecule is CC(CN)Cc1nccc(-c2ccc(Cl)cc2)n1. The van der Waals surface area contributed by atoms with Gasteiger partial charge in [-0.05, 0) is 30.7 Å². The van der Waals surface area contributed by atoms with Crippen molar-refractivity contribution in [3.8, 4) is 11.3 Å². The second kappa shape index (κ2) is 5.94. The summed E-state index contributed by atoms with van der Waals surface area (Å²) in [6.07, 6.45) is 2.59. The third kappa shape index (κ3) is 3.28. The van der Waals surface area contributed by atoms with E-state index in [0.717, 1.165) is 28.5 Å². The maximum absolute atomic E-state index is 5.87. The zero-order valence-corrected chi connectivity index (χ0v) is 11.1. The van der Waals surface area contributed by atoms with Gasteiger partial charge in [0, 0.05) is 23.2 Å². The Morgan fingerprint density at radius 2 is 1.94 bits per heavy atom. The predicted octanol–water partition coefficient (Wildman–Crippen LogP) is 2.93. The minimum Gasteiger partial charge on any atom is -0.330 e. The van der Waals surface area contributed by atoms with Crippen molar-refractivity contribution in [2.24, 2.45) is 11.7 Å². The highest BCUT2D eigenvalue weighted by Crippen LogP contribution is 2.19. The first-order chi connectivity index (χ1) is 8.69. The van der Waals surface area contributed by atoms with Crippen LogP contribution >= 0.6 is 11.6 Å². The third-order valence-electron chi connectivity index (χ3n) is 2.78. The molecule has 94 valence electrons. The van der Waals surface area contributed by atoms with Gasteiger partial charge in [0.15, 0.2) is 0 Å². The summed E-state index contributed by atoms with van der Waals surface area (Å²) in [6.45, 7) is 2.74. The molecule has 0 fully saturated rings. The van der Waals surface area contributed by atoms with Crippen LogP contribution in [-0.4, -0.2) is 16.5 Å². The number of hydrogen-bond acceptors (Lipinski definition) is 3. The van der Waals surface area contributed by atoms with Crippen molar-refractivity contribution in [2.45, 2.75) is 13.3 Å². The van der Waals surface area contributed by atoms with Gasteiger partial charge in [-0.3, -0.25) is 0 Å². The second-order valence-electron chi connectivity index (χ2n) is 4.41. The van der Waals surface area contributed by atoms with Crippen LogP contribution in [0, 0.1) is 5.92 Å². The fraction of sp³-hybridized carbons (Fsp3) is 0.286. The van der Waals surface area contributed by atoms with Crippen LogP contribution in [0.1, 0.15) is 12.7 Å². The van der Waals surface area contributed by atoms with Crippen molar-refractivity contribution in [3.05, 3.63) is 47.4 Å². The van der Waals surface area contributed by atoms with Gasteiger partial charge >= 0.3 is 0 Å². The summed E-state index contributed by atoms with van der Waals surface area (Å²) >= 11 is 5.87. The van der Waals surface area contributed by atoms with Crippen molar-refractivity contribution in [1.29, 1.82) is 0 Å². The van der Waals surface area contributed by atoms with E-state index in [4.69, 9.17) is 17.3 Å². The Labute approximate surface area is 112 Å². The van der Waals surface area contributed by atoms with Gasteiger partial charge in [-0.15, -0.1) is 0 Å². The molecule has 18 heavy (non-hydrogen) atoms. The van der Waals surface area contributed by atoms with Gasteiger partial charge in [-0.25, -0.2) is 9.97 Å². The van der Waals surface area contributed by atoms with Crippen molar-refractivity contribution in [1.82, 2.24) is 9.97 Å². The van der Waals surface area contributed by atoms with Crippen LogP contribution in [0.4, 0.5) is 0 Å². The summed E-state index contributed by atoms with van der Waals surface area (Å²) in [5.41, 5.74) is 7.58. The van der Waals surface area contributed by atoms with Crippen LogP contribution in [-0.2, 0) is 6.42 Å². The number of nitrogens with two attached hydrogens (primary N) is 1. The van der Waals surface area contributed by atoms with Crippen LogP contribution in [0.15, 0.2) is 36.5 Å². The molecule has 1 heterocycles. The van der Waals surface area contributed by atoms with Crippen molar-refractivity contribution in [3.63, 3.8) is 0 Å². The van der Waals surface area contributed by atoms with Crippen LogP contribution in [0.5, 0.6) is 0 Å². The van der Waals surface area contributed by atoms with Gasteiger partial charge in [0.05, 0.1) is 5.69 Å². The molecular formula is C14H16ClN3. The van der Waals surface area contributed by atoms with E-state index in [1.165, 1.54) is 0 Å². The second-order valence-corrected chi connectivity index (χ2v) is 4.85. The van der Waals surface area contributed by atoms with E-state index in [1.54, 1.807) is 6.20 Å². The van der Waals surface area contributed by atoms with Crippen LogP contribution in [0.3, 0.4) is 0 Å². The van der Waals surface area contributed by atoms with E-state index in [1.807, 2.05) is 30.3 Å². The first-order valence-electron chi connectivity index (χ1n) is 5.97. The lowest BCUT2D eigenvalue weighted by Gasteiger charge is -2.08. The molecular weight excluding hydrogens is 246 g/mol. The first kappa shape index (κ1) is 13.0. The molecule has 0 saturated carbocycles. The number of halogens is 1. The summed E-state index contributed by atoms with van der Waals surface area (Å²) in [7, 11) is 0. The molecule has 4 heteroatoms. The highest BCUT2D eigenvalue weighted by Gasteiger charge is 2.06. The highest BCUT2D eigenvalue weighted by atomic mass is 35.5. The topological polar surface area (TPSA) is 51.8 Å². The molecule has 2 rings (SSSR count). The Bertz CT molecular complexity index is 511. The zero-order valence-electron chi connectivity index (χ0n) is 10.3. The highest BCUT2D eigenvalue weighted by molar-refractivity contribution is 6.30. The summed E-state index contributed by atoms with van der Waals surface area (Å²) < 4.78 is 0. The van der Waals surface area contributed by atoms with E-state index in [2.05, 4.69) is 16.9 Å². The fourth-order valence-corrected chi connectivity index (χ4v) is 1.80. The molecule has 0 radical (unpaired) electrons. The number of benzene rings is 1. The van der Waals surface area contributed by atoms with Crippen molar-refractivity contribution in [2.75, 3.05) is 6.54 Å². The number of nitrogens with zero attached hydrogens (tertiary/aromatic N) is 2. The molecule has 0 spiro atoms. The summed E-state index contributed by atoms with van der Waals surface area (Å²) in [4.78, 5) is 8.83. The van der Waals surface area contributed by atoms with E-state index < -0.39 is 0 Å². The van der Waals surface area contributed by atoms with Gasteiger partial charge in [0.2, 0.25) is 0 Å². The van der Waals surface area contributed by atoms with Gasteiger partial charge in [0.1, 0.15) is 5.82 Å². The summed E-state index contributed by atoms with van der Waals surface area (Å²) in [5.74, 6) is 1.23. The molecule has 1 aromatic carbocycles. The normalized spacial score (nSPS) is 12.4. The van der Waals surface area contributed by atoms with Crippen molar-refractivity contribution >= 4 is 11.6 Å². The quantitative estimate of drug-likeness (QED) is 0.921. The lowest BCUT2D eigenvalue weighted by molar-refractivity contribution is 0.574. The lowest BCUT2D eigenvalue weighted by Crippen LogP contribution is -2.14. The monoisotopic (exact) mass is 261 g/mol. The zero-order chi connectivity index (χ0) is 13.0. The Kier molecular flexibility index (Phi) is 4.28. The Morgan fingerprint density at radius 3 is 2.61 bits per heavy atom. The average molecular weight is 262 g/mol. The van der Waals surface area contributed by atoms with Crippen LogP contribution in [0.2, 0.25) is 5.02 Å². The molecule has 0 bridgehead atoms. The molecule has 0 aliphatic heterocycles. The molecule has 0 aliphatic rings. The van der Waals surface area contributed by atoms with Gasteiger partial charge in [-0.1, -0.05) is 30.7 Å². The third-order valence-corrected chi connectivity index (χ3v) is 3.03. The van der Waals surface area contributed by atoms with Gasteiger partial charge in [0.25, 0.3) is 0 Å². The summed E-state index contributed by atoms with van der Waals surface area (Å²) in [6, 6.07) is 9.55. The smallest absolute Gasteiger partial charge is 0.129 e. The molecule has 1 aromatic heterocycles. The minimum atomic E-state index is 0.394. The fourth-order valence-electron chi connectivity index (χ4n) is 1.67. The van der Waals surface area contributed by atoms with Crippen molar-refractivity contribution < 1.29 is 0 Å². The minimum absolute atomic E-state index is 0.394. The predicted molar refractivity (Wildman–Crippen MR) is 74.4 cm³/mol.